The molecule has 4 aromatic rings. The van der Waals surface area contributed by atoms with Gasteiger partial charge >= 0.3 is 0 Å². The molecule has 0 aliphatic heterocycles. The lowest BCUT2D eigenvalue weighted by atomic mass is 9.80. The van der Waals surface area contributed by atoms with Gasteiger partial charge in [0, 0.05) is 5.56 Å². The van der Waals surface area contributed by atoms with Crippen molar-refractivity contribution in [1.29, 1.82) is 0 Å². The summed E-state index contributed by atoms with van der Waals surface area (Å²) < 4.78 is 0. The molecule has 2 nitrogen and oxygen atoms in total. The maximum absolute atomic E-state index is 6.49. The lowest BCUT2D eigenvalue weighted by molar-refractivity contribution is 1.52. The van der Waals surface area contributed by atoms with Crippen LogP contribution < -0.4 is 11.5 Å². The van der Waals surface area contributed by atoms with Crippen molar-refractivity contribution < 1.29 is 0 Å². The van der Waals surface area contributed by atoms with Gasteiger partial charge in [0.1, 0.15) is 0 Å². The van der Waals surface area contributed by atoms with Gasteiger partial charge in [-0.25, -0.2) is 0 Å². The van der Waals surface area contributed by atoms with E-state index < -0.39 is 0 Å². The van der Waals surface area contributed by atoms with E-state index in [1.165, 1.54) is 27.8 Å². The van der Waals surface area contributed by atoms with Crippen LogP contribution in [0, 0.1) is 0 Å². The second kappa shape index (κ2) is 5.50. The minimum atomic E-state index is 0.616. The second-order valence-corrected chi connectivity index (χ2v) is 6.63. The molecular weight excluding hydrogens is 316 g/mol. The first-order valence-electron chi connectivity index (χ1n) is 8.72. The summed E-state index contributed by atoms with van der Waals surface area (Å²) in [6.45, 7) is 0. The average Bonchev–Trinajstić information content (AvgIpc) is 2.69. The summed E-state index contributed by atoms with van der Waals surface area (Å²) in [5, 5.41) is 0. The van der Waals surface area contributed by atoms with Crippen LogP contribution in [0.25, 0.3) is 44.5 Å². The fourth-order valence-electron chi connectivity index (χ4n) is 3.99. The molecule has 1 aliphatic carbocycles. The summed E-state index contributed by atoms with van der Waals surface area (Å²) in [4.78, 5) is 0. The average molecular weight is 334 g/mol. The highest BCUT2D eigenvalue weighted by atomic mass is 14.7. The van der Waals surface area contributed by atoms with E-state index in [1.807, 2.05) is 6.07 Å². The van der Waals surface area contributed by atoms with Crippen LogP contribution in [-0.4, -0.2) is 0 Å². The van der Waals surface area contributed by atoms with E-state index in [4.69, 9.17) is 11.5 Å². The minimum absolute atomic E-state index is 0.616. The third kappa shape index (κ3) is 1.99. The maximum atomic E-state index is 6.49. The van der Waals surface area contributed by atoms with Crippen molar-refractivity contribution in [2.75, 3.05) is 11.5 Å². The SMILES string of the molecule is Nc1ccc2c(c1N)-c1ccccc1-c1ccccc1-c1ccccc1-2. The summed E-state index contributed by atoms with van der Waals surface area (Å²) in [5.74, 6) is 0. The zero-order valence-electron chi connectivity index (χ0n) is 14.2. The number of hydrogen-bond acceptors (Lipinski definition) is 2. The molecule has 5 rings (SSSR count). The Balaban J connectivity index is 2.03. The largest absolute Gasteiger partial charge is 0.397 e. The lowest BCUT2D eigenvalue weighted by Crippen LogP contribution is -2.02. The third-order valence-electron chi connectivity index (χ3n) is 5.20. The van der Waals surface area contributed by atoms with Gasteiger partial charge in [0.2, 0.25) is 0 Å². The zero-order chi connectivity index (χ0) is 17.7. The molecule has 0 saturated heterocycles. The van der Waals surface area contributed by atoms with Crippen LogP contribution in [0.1, 0.15) is 0 Å². The normalized spacial score (nSPS) is 11.4. The van der Waals surface area contributed by atoms with Crippen LogP contribution in [0.5, 0.6) is 0 Å². The second-order valence-electron chi connectivity index (χ2n) is 6.63. The molecule has 4 N–H and O–H groups in total. The van der Waals surface area contributed by atoms with E-state index in [-0.39, 0.29) is 0 Å². The Labute approximate surface area is 152 Å². The van der Waals surface area contributed by atoms with Crippen molar-refractivity contribution in [2.24, 2.45) is 0 Å². The van der Waals surface area contributed by atoms with E-state index in [0.717, 1.165) is 16.7 Å². The number of hydrogen-bond donors (Lipinski definition) is 2. The number of fused-ring (bicyclic) bond motifs is 8. The molecule has 0 fully saturated rings. The van der Waals surface area contributed by atoms with Gasteiger partial charge in [-0.2, -0.15) is 0 Å². The highest BCUT2D eigenvalue weighted by Crippen LogP contribution is 2.50. The van der Waals surface area contributed by atoms with E-state index in [2.05, 4.69) is 78.9 Å². The summed E-state index contributed by atoms with van der Waals surface area (Å²) in [7, 11) is 0. The molecule has 124 valence electrons. The number of nitrogens with two attached hydrogens (primary N) is 2. The smallest absolute Gasteiger partial charge is 0.0633 e. The van der Waals surface area contributed by atoms with Gasteiger partial charge in [0.25, 0.3) is 0 Å². The van der Waals surface area contributed by atoms with Crippen LogP contribution in [-0.2, 0) is 0 Å². The standard InChI is InChI=1S/C24H18N2/c25-22-14-13-21-19-11-4-3-9-17(19)15-7-1-2-8-16(15)18-10-5-6-12-20(18)23(21)24(22)26/h1-14H,25-26H2. The van der Waals surface area contributed by atoms with Crippen LogP contribution in [0.3, 0.4) is 0 Å². The summed E-state index contributed by atoms with van der Waals surface area (Å²) in [5.41, 5.74) is 23.2. The number of anilines is 2. The quantitative estimate of drug-likeness (QED) is 0.350. The van der Waals surface area contributed by atoms with Gasteiger partial charge < -0.3 is 11.5 Å². The van der Waals surface area contributed by atoms with Crippen LogP contribution in [0.2, 0.25) is 0 Å². The van der Waals surface area contributed by atoms with Crippen molar-refractivity contribution in [1.82, 2.24) is 0 Å². The van der Waals surface area contributed by atoms with E-state index in [1.54, 1.807) is 0 Å². The summed E-state index contributed by atoms with van der Waals surface area (Å²) >= 11 is 0. The van der Waals surface area contributed by atoms with Gasteiger partial charge in [0.15, 0.2) is 0 Å². The number of rotatable bonds is 0. The number of nitrogen functional groups attached to an aromatic ring is 2. The van der Waals surface area contributed by atoms with Crippen molar-refractivity contribution >= 4 is 11.4 Å². The molecule has 0 spiro atoms. The molecule has 2 heteroatoms. The highest BCUT2D eigenvalue weighted by molar-refractivity contribution is 6.07. The molecule has 0 unspecified atom stereocenters. The van der Waals surface area contributed by atoms with E-state index in [0.29, 0.717) is 11.4 Å². The molecule has 0 saturated carbocycles. The monoisotopic (exact) mass is 334 g/mol. The zero-order valence-corrected chi connectivity index (χ0v) is 14.2. The van der Waals surface area contributed by atoms with Crippen LogP contribution in [0.4, 0.5) is 11.4 Å². The summed E-state index contributed by atoms with van der Waals surface area (Å²) in [6.07, 6.45) is 0. The Morgan fingerprint density at radius 1 is 0.385 bits per heavy atom. The first-order valence-corrected chi connectivity index (χ1v) is 8.72. The van der Waals surface area contributed by atoms with Gasteiger partial charge in [-0.3, -0.25) is 0 Å². The molecule has 0 aromatic heterocycles. The van der Waals surface area contributed by atoms with E-state index >= 15 is 0 Å². The molecule has 0 atom stereocenters. The molecule has 0 amide bonds. The molecule has 0 heterocycles. The topological polar surface area (TPSA) is 52.0 Å². The van der Waals surface area contributed by atoms with Gasteiger partial charge in [-0.15, -0.1) is 0 Å². The van der Waals surface area contributed by atoms with E-state index in [9.17, 15) is 0 Å². The van der Waals surface area contributed by atoms with Gasteiger partial charge in [-0.1, -0.05) is 78.9 Å². The first kappa shape index (κ1) is 14.8. The minimum Gasteiger partial charge on any atom is -0.397 e. The predicted octanol–water partition coefficient (Wildman–Crippen LogP) is 5.83. The Hall–Kier alpha value is -3.52. The molecule has 0 radical (unpaired) electrons. The maximum Gasteiger partial charge on any atom is 0.0633 e. The third-order valence-corrected chi connectivity index (χ3v) is 5.20. The first-order chi connectivity index (χ1) is 12.8. The van der Waals surface area contributed by atoms with Crippen molar-refractivity contribution in [3.8, 4) is 44.5 Å². The molecule has 0 bridgehead atoms. The van der Waals surface area contributed by atoms with Crippen LogP contribution in [0.15, 0.2) is 84.9 Å². The van der Waals surface area contributed by atoms with Crippen LogP contribution >= 0.6 is 0 Å². The van der Waals surface area contributed by atoms with Gasteiger partial charge in [-0.05, 0) is 45.0 Å². The molecule has 26 heavy (non-hydrogen) atoms. The lowest BCUT2D eigenvalue weighted by Gasteiger charge is -2.24. The Bertz CT molecular complexity index is 1150. The molecule has 1 aliphatic rings. The predicted molar refractivity (Wildman–Crippen MR) is 111 cm³/mol. The number of benzene rings is 4. The van der Waals surface area contributed by atoms with Crippen molar-refractivity contribution in [2.45, 2.75) is 0 Å². The fourth-order valence-corrected chi connectivity index (χ4v) is 3.99. The highest BCUT2D eigenvalue weighted by Gasteiger charge is 2.23. The Morgan fingerprint density at radius 2 is 0.769 bits per heavy atom. The Morgan fingerprint density at radius 3 is 1.27 bits per heavy atom. The molecular formula is C24H18N2. The van der Waals surface area contributed by atoms with Crippen molar-refractivity contribution in [3.63, 3.8) is 0 Å². The Kier molecular flexibility index (Phi) is 3.13. The molecule has 4 aromatic carbocycles. The van der Waals surface area contributed by atoms with Gasteiger partial charge in [0.05, 0.1) is 11.4 Å². The van der Waals surface area contributed by atoms with Crippen molar-refractivity contribution in [3.05, 3.63) is 84.9 Å². The fraction of sp³-hybridized carbons (Fsp3) is 0. The summed E-state index contributed by atoms with van der Waals surface area (Å²) in [6, 6.07) is 29.5.